The summed E-state index contributed by atoms with van der Waals surface area (Å²) in [6.07, 6.45) is 0. The first-order valence-corrected chi connectivity index (χ1v) is 15.7. The van der Waals surface area contributed by atoms with Gasteiger partial charge in [-0.3, -0.25) is 0 Å². The van der Waals surface area contributed by atoms with E-state index < -0.39 is 0 Å². The van der Waals surface area contributed by atoms with E-state index in [4.69, 9.17) is 4.42 Å². The Morgan fingerprint density at radius 2 is 1.02 bits per heavy atom. The third-order valence-corrected chi connectivity index (χ3v) is 9.04. The van der Waals surface area contributed by atoms with Gasteiger partial charge in [0.2, 0.25) is 0 Å². The number of hydrogen-bond acceptors (Lipinski definition) is 2. The van der Waals surface area contributed by atoms with Crippen molar-refractivity contribution in [3.63, 3.8) is 0 Å². The summed E-state index contributed by atoms with van der Waals surface area (Å²) < 4.78 is 6.33. The van der Waals surface area contributed by atoms with E-state index in [1.807, 2.05) is 12.1 Å². The Kier molecular flexibility index (Phi) is 6.17. The van der Waals surface area contributed by atoms with Crippen LogP contribution in [0.2, 0.25) is 0 Å². The molecular formula is C44H29NO. The lowest BCUT2D eigenvalue weighted by molar-refractivity contribution is 0.669. The maximum Gasteiger partial charge on any atom is 0.137 e. The quantitative estimate of drug-likeness (QED) is 0.186. The van der Waals surface area contributed by atoms with Crippen LogP contribution in [0.3, 0.4) is 0 Å². The Bertz CT molecular complexity index is 2530. The van der Waals surface area contributed by atoms with Crippen molar-refractivity contribution in [1.29, 1.82) is 0 Å². The van der Waals surface area contributed by atoms with E-state index in [2.05, 4.69) is 169 Å². The Balaban J connectivity index is 1.24. The van der Waals surface area contributed by atoms with Gasteiger partial charge in [-0.15, -0.1) is 0 Å². The summed E-state index contributed by atoms with van der Waals surface area (Å²) in [5, 5.41) is 7.28. The molecule has 0 atom stereocenters. The molecule has 0 bridgehead atoms. The minimum absolute atomic E-state index is 0.877. The summed E-state index contributed by atoms with van der Waals surface area (Å²) in [7, 11) is 0. The maximum atomic E-state index is 6.33. The molecule has 9 rings (SSSR count). The number of anilines is 3. The van der Waals surface area contributed by atoms with Crippen LogP contribution in [0.4, 0.5) is 17.1 Å². The van der Waals surface area contributed by atoms with Gasteiger partial charge in [-0.25, -0.2) is 0 Å². The first kappa shape index (κ1) is 26.3. The summed E-state index contributed by atoms with van der Waals surface area (Å²) in [5.41, 5.74) is 9.80. The van der Waals surface area contributed by atoms with E-state index in [-0.39, 0.29) is 0 Å². The lowest BCUT2D eigenvalue weighted by Crippen LogP contribution is -2.10. The minimum Gasteiger partial charge on any atom is -0.456 e. The van der Waals surface area contributed by atoms with E-state index in [9.17, 15) is 0 Å². The average molecular weight is 588 g/mol. The highest BCUT2D eigenvalue weighted by atomic mass is 16.3. The van der Waals surface area contributed by atoms with Crippen LogP contribution in [0.25, 0.3) is 65.7 Å². The van der Waals surface area contributed by atoms with Gasteiger partial charge in [0.15, 0.2) is 0 Å². The molecule has 2 nitrogen and oxygen atoms in total. The number of benzene rings is 8. The Labute approximate surface area is 267 Å². The van der Waals surface area contributed by atoms with Gasteiger partial charge in [-0.1, -0.05) is 127 Å². The summed E-state index contributed by atoms with van der Waals surface area (Å²) >= 11 is 0. The monoisotopic (exact) mass is 587 g/mol. The third kappa shape index (κ3) is 4.35. The van der Waals surface area contributed by atoms with Gasteiger partial charge in [-0.2, -0.15) is 0 Å². The number of fused-ring (bicyclic) bond motifs is 6. The van der Waals surface area contributed by atoms with Crippen molar-refractivity contribution < 1.29 is 4.42 Å². The molecule has 0 saturated carbocycles. The summed E-state index contributed by atoms with van der Waals surface area (Å²) in [6, 6.07) is 62.7. The largest absolute Gasteiger partial charge is 0.456 e. The molecule has 0 radical (unpaired) electrons. The van der Waals surface area contributed by atoms with Gasteiger partial charge >= 0.3 is 0 Å². The molecule has 0 unspecified atom stereocenters. The number of furan rings is 1. The molecule has 0 N–H and O–H groups in total. The van der Waals surface area contributed by atoms with E-state index in [1.54, 1.807) is 0 Å². The minimum atomic E-state index is 0.877. The van der Waals surface area contributed by atoms with Crippen LogP contribution in [0, 0.1) is 0 Å². The molecule has 0 aliphatic carbocycles. The predicted octanol–water partition coefficient (Wildman–Crippen LogP) is 12.7. The molecular weight excluding hydrogens is 558 g/mol. The Morgan fingerprint density at radius 1 is 0.370 bits per heavy atom. The smallest absolute Gasteiger partial charge is 0.137 e. The molecule has 0 saturated heterocycles. The number of hydrogen-bond donors (Lipinski definition) is 0. The highest BCUT2D eigenvalue weighted by molar-refractivity contribution is 6.15. The molecule has 0 amide bonds. The van der Waals surface area contributed by atoms with Crippen LogP contribution in [0.1, 0.15) is 0 Å². The fourth-order valence-corrected chi connectivity index (χ4v) is 6.91. The fourth-order valence-electron chi connectivity index (χ4n) is 6.91. The highest BCUT2D eigenvalue weighted by Crippen LogP contribution is 2.44. The van der Waals surface area contributed by atoms with Crippen LogP contribution in [0.15, 0.2) is 180 Å². The second-order valence-electron chi connectivity index (χ2n) is 11.7. The molecule has 1 aromatic heterocycles. The standard InChI is InChI=1S/C44H29NO/c1-2-12-30(13-3-1)32-15-10-16-35(28-32)45(41-21-11-23-43-44(41)39-20-8-9-22-42(39)46-43)34-26-24-31(25-27-34)40-29-33-14-4-5-17-36(33)37-18-6-7-19-38(37)40/h1-29H. The highest BCUT2D eigenvalue weighted by Gasteiger charge is 2.20. The predicted molar refractivity (Wildman–Crippen MR) is 194 cm³/mol. The number of rotatable bonds is 5. The maximum absolute atomic E-state index is 6.33. The molecule has 8 aromatic carbocycles. The molecule has 216 valence electrons. The van der Waals surface area contributed by atoms with Crippen LogP contribution in [-0.4, -0.2) is 0 Å². The van der Waals surface area contributed by atoms with Gasteiger partial charge in [-0.05, 0) is 92.3 Å². The van der Waals surface area contributed by atoms with E-state index in [1.165, 1.54) is 43.8 Å². The van der Waals surface area contributed by atoms with Gasteiger partial charge in [0.05, 0.1) is 11.1 Å². The first-order chi connectivity index (χ1) is 22.8. The van der Waals surface area contributed by atoms with Crippen molar-refractivity contribution in [3.05, 3.63) is 176 Å². The van der Waals surface area contributed by atoms with Crippen molar-refractivity contribution >= 4 is 60.5 Å². The number of para-hydroxylation sites is 1. The lowest BCUT2D eigenvalue weighted by Gasteiger charge is -2.27. The summed E-state index contributed by atoms with van der Waals surface area (Å²) in [6.45, 7) is 0. The zero-order valence-corrected chi connectivity index (χ0v) is 25.1. The zero-order chi connectivity index (χ0) is 30.5. The van der Waals surface area contributed by atoms with Crippen LogP contribution in [0.5, 0.6) is 0 Å². The Hall–Kier alpha value is -6.12. The van der Waals surface area contributed by atoms with Crippen molar-refractivity contribution in [2.45, 2.75) is 0 Å². The molecule has 0 fully saturated rings. The molecule has 0 aliphatic heterocycles. The van der Waals surface area contributed by atoms with Gasteiger partial charge in [0.25, 0.3) is 0 Å². The lowest BCUT2D eigenvalue weighted by atomic mass is 9.93. The van der Waals surface area contributed by atoms with Crippen LogP contribution >= 0.6 is 0 Å². The van der Waals surface area contributed by atoms with E-state index >= 15 is 0 Å². The number of nitrogens with zero attached hydrogens (tertiary/aromatic N) is 1. The van der Waals surface area contributed by atoms with Crippen molar-refractivity contribution in [2.24, 2.45) is 0 Å². The average Bonchev–Trinajstić information content (AvgIpc) is 3.52. The molecule has 2 heteroatoms. The second kappa shape index (κ2) is 10.8. The Morgan fingerprint density at radius 3 is 1.87 bits per heavy atom. The van der Waals surface area contributed by atoms with Gasteiger partial charge in [0, 0.05) is 16.8 Å². The summed E-state index contributed by atoms with van der Waals surface area (Å²) in [5.74, 6) is 0. The van der Waals surface area contributed by atoms with E-state index in [0.717, 1.165) is 39.0 Å². The second-order valence-corrected chi connectivity index (χ2v) is 11.7. The molecule has 46 heavy (non-hydrogen) atoms. The molecule has 0 aliphatic rings. The van der Waals surface area contributed by atoms with Crippen molar-refractivity contribution in [3.8, 4) is 22.3 Å². The van der Waals surface area contributed by atoms with Gasteiger partial charge < -0.3 is 9.32 Å². The molecule has 1 heterocycles. The third-order valence-electron chi connectivity index (χ3n) is 9.04. The zero-order valence-electron chi connectivity index (χ0n) is 25.1. The van der Waals surface area contributed by atoms with Crippen molar-refractivity contribution in [2.75, 3.05) is 4.90 Å². The molecule has 0 spiro atoms. The van der Waals surface area contributed by atoms with Crippen molar-refractivity contribution in [1.82, 2.24) is 0 Å². The normalized spacial score (nSPS) is 11.5. The first-order valence-electron chi connectivity index (χ1n) is 15.7. The van der Waals surface area contributed by atoms with E-state index in [0.29, 0.717) is 0 Å². The van der Waals surface area contributed by atoms with Crippen LogP contribution in [-0.2, 0) is 0 Å². The van der Waals surface area contributed by atoms with Gasteiger partial charge in [0.1, 0.15) is 11.2 Å². The molecule has 9 aromatic rings. The van der Waals surface area contributed by atoms with Crippen LogP contribution < -0.4 is 4.90 Å². The topological polar surface area (TPSA) is 16.4 Å². The fraction of sp³-hybridized carbons (Fsp3) is 0. The summed E-state index contributed by atoms with van der Waals surface area (Å²) in [4.78, 5) is 2.36. The SMILES string of the molecule is c1ccc(-c2cccc(N(c3ccc(-c4cc5ccccc5c5ccccc45)cc3)c3cccc4oc5ccccc5c34)c2)cc1.